The highest BCUT2D eigenvalue weighted by atomic mass is 16.4. The molecular formula is C24H51NO3. The van der Waals surface area contributed by atoms with Crippen LogP contribution in [-0.2, 0) is 9.59 Å². The molecule has 170 valence electrons. The summed E-state index contributed by atoms with van der Waals surface area (Å²) < 4.78 is 0. The van der Waals surface area contributed by atoms with Crippen LogP contribution < -0.4 is 5.32 Å². The van der Waals surface area contributed by atoms with E-state index in [1.165, 1.54) is 0 Å². The zero-order chi connectivity index (χ0) is 21.9. The summed E-state index contributed by atoms with van der Waals surface area (Å²) in [6.07, 6.45) is 2.72. The van der Waals surface area contributed by atoms with Gasteiger partial charge in [-0.05, 0) is 56.8 Å². The Kier molecular flexibility index (Phi) is 16.8. The van der Waals surface area contributed by atoms with Crippen molar-refractivity contribution in [2.75, 3.05) is 0 Å². The molecule has 2 N–H and O–H groups in total. The van der Waals surface area contributed by atoms with Crippen LogP contribution in [0.4, 0.5) is 0 Å². The third kappa shape index (κ3) is 14.9. The maximum absolute atomic E-state index is 12.2. The molecule has 4 heteroatoms. The minimum atomic E-state index is -0.659. The van der Waals surface area contributed by atoms with E-state index < -0.39 is 5.97 Å². The summed E-state index contributed by atoms with van der Waals surface area (Å²) in [5.41, 5.74) is -0.0821. The maximum Gasteiger partial charge on any atom is 0.306 e. The molecule has 0 aromatic rings. The summed E-state index contributed by atoms with van der Waals surface area (Å²) >= 11 is 0. The topological polar surface area (TPSA) is 66.4 Å². The molecular weight excluding hydrogens is 350 g/mol. The van der Waals surface area contributed by atoms with Crippen LogP contribution in [0.25, 0.3) is 0 Å². The molecule has 0 aliphatic heterocycles. The zero-order valence-electron chi connectivity index (χ0n) is 19.8. The first kappa shape index (κ1) is 31.6. The Labute approximate surface area is 176 Å². The van der Waals surface area contributed by atoms with Crippen LogP contribution in [0.5, 0.6) is 0 Å². The molecule has 0 radical (unpaired) electrons. The highest BCUT2D eigenvalue weighted by Crippen LogP contribution is 2.22. The predicted molar refractivity (Wildman–Crippen MR) is 122 cm³/mol. The molecule has 0 fully saturated rings. The van der Waals surface area contributed by atoms with E-state index in [1.54, 1.807) is 0 Å². The number of carbonyl (C=O) groups is 2. The molecule has 0 bridgehead atoms. The van der Waals surface area contributed by atoms with E-state index in [4.69, 9.17) is 5.11 Å². The number of rotatable bonds is 10. The van der Waals surface area contributed by atoms with Crippen LogP contribution in [0.1, 0.15) is 103 Å². The Hall–Kier alpha value is -1.06. The largest absolute Gasteiger partial charge is 0.481 e. The van der Waals surface area contributed by atoms with E-state index in [2.05, 4.69) is 67.6 Å². The van der Waals surface area contributed by atoms with Crippen molar-refractivity contribution in [1.29, 1.82) is 0 Å². The van der Waals surface area contributed by atoms with Gasteiger partial charge in [-0.3, -0.25) is 9.59 Å². The van der Waals surface area contributed by atoms with Crippen molar-refractivity contribution in [3.05, 3.63) is 0 Å². The summed E-state index contributed by atoms with van der Waals surface area (Å²) in [4.78, 5) is 22.9. The Morgan fingerprint density at radius 2 is 1.18 bits per heavy atom. The number of carbonyl (C=O) groups excluding carboxylic acids is 1. The lowest BCUT2D eigenvalue weighted by molar-refractivity contribution is -0.143. The van der Waals surface area contributed by atoms with E-state index in [9.17, 15) is 9.59 Å². The van der Waals surface area contributed by atoms with Gasteiger partial charge in [0.05, 0.1) is 5.92 Å². The van der Waals surface area contributed by atoms with Gasteiger partial charge in [0.1, 0.15) is 0 Å². The van der Waals surface area contributed by atoms with E-state index in [1.807, 2.05) is 13.8 Å². The number of amides is 1. The highest BCUT2D eigenvalue weighted by molar-refractivity contribution is 5.79. The molecule has 0 spiro atoms. The molecule has 2 unspecified atom stereocenters. The molecule has 28 heavy (non-hydrogen) atoms. The van der Waals surface area contributed by atoms with Crippen LogP contribution in [0, 0.1) is 35.5 Å². The summed E-state index contributed by atoms with van der Waals surface area (Å²) in [6, 6.07) is 0. The number of hydrogen-bond acceptors (Lipinski definition) is 2. The van der Waals surface area contributed by atoms with Gasteiger partial charge in [0.25, 0.3) is 0 Å². The zero-order valence-corrected chi connectivity index (χ0v) is 19.8. The lowest BCUT2D eigenvalue weighted by atomic mass is 9.86. The van der Waals surface area contributed by atoms with E-state index >= 15 is 0 Å². The molecule has 0 aliphatic carbocycles. The van der Waals surface area contributed by atoms with Crippen molar-refractivity contribution in [2.45, 2.75) is 108 Å². The Morgan fingerprint density at radius 1 is 0.821 bits per heavy atom. The highest BCUT2D eigenvalue weighted by Gasteiger charge is 2.27. The Balaban J connectivity index is -0.000000460. The minimum Gasteiger partial charge on any atom is -0.481 e. The average molecular weight is 402 g/mol. The van der Waals surface area contributed by atoms with Crippen LogP contribution in [-0.4, -0.2) is 22.5 Å². The monoisotopic (exact) mass is 401 g/mol. The standard InChI is InChI=1S/C14H29NO.C9H18O2.CH4/c1-8-14(6,7)15-13(16)12(11(4)5)9-10(2)3;1-6(2)5-8(7(3)4)9(10)11;/h10-12H,8-9H2,1-7H3,(H,15,16);6-8H,5H2,1-4H3,(H,10,11);1H4. The van der Waals surface area contributed by atoms with Gasteiger partial charge in [-0.15, -0.1) is 0 Å². The van der Waals surface area contributed by atoms with Gasteiger partial charge < -0.3 is 10.4 Å². The molecule has 0 rings (SSSR count). The summed E-state index contributed by atoms with van der Waals surface area (Å²) in [5, 5.41) is 11.9. The number of aliphatic carboxylic acids is 1. The summed E-state index contributed by atoms with van der Waals surface area (Å²) in [6.45, 7) is 22.9. The number of carboxylic acids is 1. The van der Waals surface area contributed by atoms with Crippen molar-refractivity contribution in [3.8, 4) is 0 Å². The van der Waals surface area contributed by atoms with Crippen LogP contribution in [0.3, 0.4) is 0 Å². The van der Waals surface area contributed by atoms with Gasteiger partial charge in [-0.2, -0.15) is 0 Å². The second-order valence-corrected chi connectivity index (χ2v) is 10.0. The van der Waals surface area contributed by atoms with Gasteiger partial charge >= 0.3 is 5.97 Å². The molecule has 1 amide bonds. The first-order valence-electron chi connectivity index (χ1n) is 10.7. The molecule has 0 heterocycles. The molecule has 2 atom stereocenters. The van der Waals surface area contributed by atoms with Gasteiger partial charge in [0.2, 0.25) is 5.91 Å². The van der Waals surface area contributed by atoms with Gasteiger partial charge in [-0.1, -0.05) is 69.7 Å². The van der Waals surface area contributed by atoms with Crippen molar-refractivity contribution in [3.63, 3.8) is 0 Å². The maximum atomic E-state index is 12.2. The van der Waals surface area contributed by atoms with Crippen molar-refractivity contribution >= 4 is 11.9 Å². The summed E-state index contributed by atoms with van der Waals surface area (Å²) in [7, 11) is 0. The molecule has 0 aromatic carbocycles. The lowest BCUT2D eigenvalue weighted by Crippen LogP contribution is -2.46. The third-order valence-electron chi connectivity index (χ3n) is 5.06. The van der Waals surface area contributed by atoms with Crippen LogP contribution in [0.2, 0.25) is 0 Å². The van der Waals surface area contributed by atoms with E-state index in [-0.39, 0.29) is 36.6 Å². The fraction of sp³-hybridized carbons (Fsp3) is 0.917. The van der Waals surface area contributed by atoms with Crippen molar-refractivity contribution in [2.24, 2.45) is 35.5 Å². The van der Waals surface area contributed by atoms with Gasteiger partial charge in [-0.25, -0.2) is 0 Å². The normalized spacial score (nSPS) is 13.7. The number of nitrogens with one attached hydrogen (secondary N) is 1. The van der Waals surface area contributed by atoms with Crippen molar-refractivity contribution < 1.29 is 14.7 Å². The van der Waals surface area contributed by atoms with Crippen LogP contribution >= 0.6 is 0 Å². The molecule has 0 aromatic heterocycles. The van der Waals surface area contributed by atoms with E-state index in [0.717, 1.165) is 19.3 Å². The third-order valence-corrected chi connectivity index (χ3v) is 5.06. The van der Waals surface area contributed by atoms with E-state index in [0.29, 0.717) is 17.8 Å². The molecule has 4 nitrogen and oxygen atoms in total. The lowest BCUT2D eigenvalue weighted by Gasteiger charge is -2.29. The molecule has 0 saturated carbocycles. The van der Waals surface area contributed by atoms with Gasteiger partial charge in [0.15, 0.2) is 0 Å². The fourth-order valence-electron chi connectivity index (χ4n) is 2.87. The van der Waals surface area contributed by atoms with Crippen molar-refractivity contribution in [1.82, 2.24) is 5.32 Å². The average Bonchev–Trinajstić information content (AvgIpc) is 2.49. The Bertz CT molecular complexity index is 426. The SMILES string of the molecule is C.CC(C)CC(C(=O)O)C(C)C.CCC(C)(C)NC(=O)C(CC(C)C)C(C)C. The first-order valence-corrected chi connectivity index (χ1v) is 10.7. The van der Waals surface area contributed by atoms with Crippen LogP contribution in [0.15, 0.2) is 0 Å². The van der Waals surface area contributed by atoms with Gasteiger partial charge in [0, 0.05) is 11.5 Å². The second-order valence-electron chi connectivity index (χ2n) is 10.0. The number of carboxylic acid groups (broad SMARTS) is 1. The predicted octanol–water partition coefficient (Wildman–Crippen LogP) is 6.63. The minimum absolute atomic E-state index is 0. The quantitative estimate of drug-likeness (QED) is 0.431. The molecule has 0 saturated heterocycles. The fourth-order valence-corrected chi connectivity index (χ4v) is 2.87. The second kappa shape index (κ2) is 14.9. The Morgan fingerprint density at radius 3 is 1.39 bits per heavy atom. The number of hydrogen-bond donors (Lipinski definition) is 2. The first-order chi connectivity index (χ1) is 12.1. The molecule has 0 aliphatic rings. The summed E-state index contributed by atoms with van der Waals surface area (Å²) in [5.74, 6) is 1.23. The smallest absolute Gasteiger partial charge is 0.306 e.